The Bertz CT molecular complexity index is 759. The number of hydrogen-bond donors (Lipinski definition) is 2. The summed E-state index contributed by atoms with van der Waals surface area (Å²) in [7, 11) is -2.05. The summed E-state index contributed by atoms with van der Waals surface area (Å²) in [6.45, 7) is 4.13. The van der Waals surface area contributed by atoms with E-state index in [-0.39, 0.29) is 29.8 Å². The van der Waals surface area contributed by atoms with Crippen LogP contribution in [0.25, 0.3) is 0 Å². The molecule has 2 N–H and O–H groups in total. The molecular formula is C18H28N4O5S. The van der Waals surface area contributed by atoms with E-state index in [1.165, 1.54) is 23.5 Å². The molecule has 1 aliphatic heterocycles. The summed E-state index contributed by atoms with van der Waals surface area (Å²) in [5, 5.41) is 5.27. The third-order valence-electron chi connectivity index (χ3n) is 4.41. The molecule has 1 saturated heterocycles. The lowest BCUT2D eigenvalue weighted by atomic mass is 10.3. The van der Waals surface area contributed by atoms with Gasteiger partial charge in [-0.05, 0) is 30.7 Å². The molecule has 2 rings (SSSR count). The fraction of sp³-hybridized carbons (Fsp3) is 0.556. The average molecular weight is 413 g/mol. The minimum absolute atomic E-state index is 0.0509. The van der Waals surface area contributed by atoms with Crippen molar-refractivity contribution in [1.29, 1.82) is 0 Å². The third-order valence-corrected chi connectivity index (χ3v) is 6.33. The summed E-state index contributed by atoms with van der Waals surface area (Å²) in [5.41, 5.74) is 0. The van der Waals surface area contributed by atoms with E-state index < -0.39 is 10.0 Å². The molecule has 0 atom stereocenters. The molecule has 1 aliphatic rings. The van der Waals surface area contributed by atoms with E-state index in [9.17, 15) is 18.0 Å². The van der Waals surface area contributed by atoms with Crippen molar-refractivity contribution in [2.24, 2.45) is 0 Å². The molecule has 0 radical (unpaired) electrons. The Morgan fingerprint density at radius 1 is 1.04 bits per heavy atom. The van der Waals surface area contributed by atoms with Crippen LogP contribution in [0.4, 0.5) is 0 Å². The summed E-state index contributed by atoms with van der Waals surface area (Å²) in [5.74, 6) is 0.127. The first-order valence-corrected chi connectivity index (χ1v) is 10.7. The maximum absolute atomic E-state index is 12.7. The van der Waals surface area contributed by atoms with Gasteiger partial charge in [0.2, 0.25) is 21.8 Å². The lowest BCUT2D eigenvalue weighted by Gasteiger charge is -2.33. The van der Waals surface area contributed by atoms with Gasteiger partial charge in [-0.2, -0.15) is 4.31 Å². The van der Waals surface area contributed by atoms with Crippen LogP contribution in [0.15, 0.2) is 29.2 Å². The molecule has 1 aromatic rings. The van der Waals surface area contributed by atoms with Crippen molar-refractivity contribution in [3.05, 3.63) is 24.3 Å². The van der Waals surface area contributed by atoms with Crippen molar-refractivity contribution < 1.29 is 22.7 Å². The van der Waals surface area contributed by atoms with E-state index in [0.29, 0.717) is 38.5 Å². The zero-order chi connectivity index (χ0) is 20.6. The molecule has 0 saturated carbocycles. The second kappa shape index (κ2) is 10.4. The molecule has 0 bridgehead atoms. The summed E-state index contributed by atoms with van der Waals surface area (Å²) in [6.07, 6.45) is 0.837. The van der Waals surface area contributed by atoms with Crippen molar-refractivity contribution in [2.45, 2.75) is 18.2 Å². The largest absolute Gasteiger partial charge is 0.497 e. The predicted molar refractivity (Wildman–Crippen MR) is 105 cm³/mol. The normalized spacial score (nSPS) is 15.8. The highest BCUT2D eigenvalue weighted by Crippen LogP contribution is 2.20. The van der Waals surface area contributed by atoms with Gasteiger partial charge < -0.3 is 15.4 Å². The number of carbonyl (C=O) groups is 2. The monoisotopic (exact) mass is 412 g/mol. The van der Waals surface area contributed by atoms with Gasteiger partial charge in [0.1, 0.15) is 5.75 Å². The molecule has 1 heterocycles. The molecule has 0 aromatic heterocycles. The van der Waals surface area contributed by atoms with Gasteiger partial charge in [-0.3, -0.25) is 14.5 Å². The number of nitrogens with zero attached hydrogens (tertiary/aromatic N) is 2. The van der Waals surface area contributed by atoms with E-state index >= 15 is 0 Å². The molecule has 1 aromatic carbocycles. The van der Waals surface area contributed by atoms with Crippen LogP contribution in [0.1, 0.15) is 13.3 Å². The van der Waals surface area contributed by atoms with Gasteiger partial charge in [0.25, 0.3) is 0 Å². The number of methoxy groups -OCH3 is 1. The minimum atomic E-state index is -3.57. The lowest BCUT2D eigenvalue weighted by molar-refractivity contribution is -0.126. The molecule has 2 amide bonds. The van der Waals surface area contributed by atoms with Crippen molar-refractivity contribution in [1.82, 2.24) is 19.8 Å². The van der Waals surface area contributed by atoms with E-state index in [0.717, 1.165) is 6.42 Å². The van der Waals surface area contributed by atoms with Crippen LogP contribution in [0.2, 0.25) is 0 Å². The number of amides is 2. The van der Waals surface area contributed by atoms with Gasteiger partial charge in [0, 0.05) is 32.7 Å². The maximum atomic E-state index is 12.7. The quantitative estimate of drug-likeness (QED) is 0.574. The van der Waals surface area contributed by atoms with E-state index in [2.05, 4.69) is 10.6 Å². The molecule has 1 fully saturated rings. The smallest absolute Gasteiger partial charge is 0.243 e. The Morgan fingerprint density at radius 2 is 1.68 bits per heavy atom. The van der Waals surface area contributed by atoms with Gasteiger partial charge in [0.05, 0.1) is 25.1 Å². The van der Waals surface area contributed by atoms with Crippen molar-refractivity contribution in [3.63, 3.8) is 0 Å². The second-order valence-corrected chi connectivity index (χ2v) is 8.42. The predicted octanol–water partition coefficient (Wildman–Crippen LogP) is -0.356. The zero-order valence-corrected chi connectivity index (χ0v) is 17.1. The number of benzene rings is 1. The molecule has 0 unspecified atom stereocenters. The summed E-state index contributed by atoms with van der Waals surface area (Å²) in [6, 6.07) is 6.28. The number of ether oxygens (including phenoxy) is 1. The second-order valence-electron chi connectivity index (χ2n) is 6.48. The first kappa shape index (κ1) is 22.1. The minimum Gasteiger partial charge on any atom is -0.497 e. The van der Waals surface area contributed by atoms with E-state index in [1.54, 1.807) is 12.1 Å². The van der Waals surface area contributed by atoms with Crippen LogP contribution in [0.5, 0.6) is 5.75 Å². The Morgan fingerprint density at radius 3 is 2.25 bits per heavy atom. The van der Waals surface area contributed by atoms with Gasteiger partial charge in [-0.15, -0.1) is 0 Å². The van der Waals surface area contributed by atoms with Crippen LogP contribution < -0.4 is 15.4 Å². The van der Waals surface area contributed by atoms with Gasteiger partial charge >= 0.3 is 0 Å². The molecule has 9 nitrogen and oxygen atoms in total. The molecule has 0 aliphatic carbocycles. The van der Waals surface area contributed by atoms with Gasteiger partial charge in [0.15, 0.2) is 0 Å². The van der Waals surface area contributed by atoms with Crippen molar-refractivity contribution >= 4 is 21.8 Å². The zero-order valence-electron chi connectivity index (χ0n) is 16.3. The number of hydrogen-bond acceptors (Lipinski definition) is 6. The fourth-order valence-corrected chi connectivity index (χ4v) is 4.21. The first-order valence-electron chi connectivity index (χ1n) is 9.26. The first-order chi connectivity index (χ1) is 13.4. The highest BCUT2D eigenvalue weighted by Gasteiger charge is 2.29. The number of nitrogens with one attached hydrogen (secondary N) is 2. The molecule has 156 valence electrons. The Labute approximate surface area is 166 Å². The van der Waals surface area contributed by atoms with E-state index in [1.807, 2.05) is 11.8 Å². The van der Waals surface area contributed by atoms with Crippen molar-refractivity contribution in [3.8, 4) is 5.75 Å². The molecular weight excluding hydrogens is 384 g/mol. The number of rotatable bonds is 9. The number of carbonyl (C=O) groups excluding carboxylic acids is 2. The SMILES string of the molecule is CCCNC(=O)CNC(=O)CN1CCN(S(=O)(=O)c2ccc(OC)cc2)CC1. The third kappa shape index (κ3) is 6.18. The Balaban J connectivity index is 1.80. The van der Waals surface area contributed by atoms with Crippen LogP contribution in [-0.2, 0) is 19.6 Å². The number of sulfonamides is 1. The van der Waals surface area contributed by atoms with Crippen LogP contribution in [0, 0.1) is 0 Å². The van der Waals surface area contributed by atoms with E-state index in [4.69, 9.17) is 4.74 Å². The van der Waals surface area contributed by atoms with Crippen LogP contribution >= 0.6 is 0 Å². The molecule has 28 heavy (non-hydrogen) atoms. The topological polar surface area (TPSA) is 108 Å². The van der Waals surface area contributed by atoms with Gasteiger partial charge in [-0.25, -0.2) is 8.42 Å². The maximum Gasteiger partial charge on any atom is 0.243 e. The fourth-order valence-electron chi connectivity index (χ4n) is 2.79. The van der Waals surface area contributed by atoms with Crippen LogP contribution in [-0.4, -0.2) is 82.4 Å². The number of piperazine rings is 1. The lowest BCUT2D eigenvalue weighted by Crippen LogP contribution is -2.51. The molecule has 10 heteroatoms. The summed E-state index contributed by atoms with van der Waals surface area (Å²) < 4.78 is 31.9. The van der Waals surface area contributed by atoms with Crippen molar-refractivity contribution in [2.75, 3.05) is 52.9 Å². The average Bonchev–Trinajstić information content (AvgIpc) is 2.71. The van der Waals surface area contributed by atoms with Gasteiger partial charge in [-0.1, -0.05) is 6.92 Å². The highest BCUT2D eigenvalue weighted by molar-refractivity contribution is 7.89. The summed E-state index contributed by atoms with van der Waals surface area (Å²) >= 11 is 0. The Kier molecular flexibility index (Phi) is 8.21. The van der Waals surface area contributed by atoms with Crippen LogP contribution in [0.3, 0.4) is 0 Å². The standard InChI is InChI=1S/C18H28N4O5S/c1-3-8-19-17(23)13-20-18(24)14-21-9-11-22(12-10-21)28(25,26)16-6-4-15(27-2)5-7-16/h4-7H,3,8-14H2,1-2H3,(H,19,23)(H,20,24). The highest BCUT2D eigenvalue weighted by atomic mass is 32.2. The summed E-state index contributed by atoms with van der Waals surface area (Å²) in [4.78, 5) is 25.6. The molecule has 0 spiro atoms. The Hall–Kier alpha value is -2.17.